The first-order chi connectivity index (χ1) is 10.1. The second-order valence-electron chi connectivity index (χ2n) is 4.42. The fourth-order valence-corrected chi connectivity index (χ4v) is 3.35. The monoisotopic (exact) mass is 300 g/mol. The summed E-state index contributed by atoms with van der Waals surface area (Å²) in [5.74, 6) is 0. The molecule has 1 aromatic carbocycles. The van der Waals surface area contributed by atoms with Crippen LogP contribution in [0.4, 0.5) is 11.4 Å². The van der Waals surface area contributed by atoms with Crippen LogP contribution < -0.4 is 10.5 Å². The van der Waals surface area contributed by atoms with Gasteiger partial charge in [0, 0.05) is 29.4 Å². The molecule has 3 N–H and O–H groups in total. The Kier molecular flexibility index (Phi) is 3.19. The molecule has 6 nitrogen and oxygen atoms in total. The van der Waals surface area contributed by atoms with Crippen molar-refractivity contribution in [2.75, 3.05) is 10.5 Å². The topological polar surface area (TPSA) is 98.0 Å². The maximum atomic E-state index is 12.6. The maximum Gasteiger partial charge on any atom is 0.262 e. The molecule has 106 valence electrons. The van der Waals surface area contributed by atoms with Crippen LogP contribution in [0.5, 0.6) is 0 Å². The number of pyridine rings is 2. The van der Waals surface area contributed by atoms with Crippen LogP contribution in [0.3, 0.4) is 0 Å². The van der Waals surface area contributed by atoms with Crippen molar-refractivity contribution >= 4 is 32.2 Å². The van der Waals surface area contributed by atoms with Crippen LogP contribution in [-0.4, -0.2) is 18.4 Å². The predicted molar refractivity (Wildman–Crippen MR) is 81.2 cm³/mol. The van der Waals surface area contributed by atoms with E-state index in [-0.39, 0.29) is 10.6 Å². The summed E-state index contributed by atoms with van der Waals surface area (Å²) in [4.78, 5) is 8.00. The second kappa shape index (κ2) is 5.02. The van der Waals surface area contributed by atoms with E-state index in [0.29, 0.717) is 11.1 Å². The van der Waals surface area contributed by atoms with Gasteiger partial charge in [-0.05, 0) is 18.2 Å². The van der Waals surface area contributed by atoms with E-state index in [9.17, 15) is 8.42 Å². The number of hydrogen-bond donors (Lipinski definition) is 2. The number of hydrogen-bond acceptors (Lipinski definition) is 5. The molecule has 0 aliphatic carbocycles. The number of nitrogen functional groups attached to an aromatic ring is 1. The van der Waals surface area contributed by atoms with E-state index in [4.69, 9.17) is 5.73 Å². The summed E-state index contributed by atoms with van der Waals surface area (Å²) in [6.07, 6.45) is 6.05. The molecule has 0 aliphatic heterocycles. The standard InChI is InChI=1S/C14H12N4O2S/c15-12-9-17-7-5-13(12)18-21(19,20)14-3-1-2-10-8-16-6-4-11(10)14/h1-9H,15H2,(H,17,18). The van der Waals surface area contributed by atoms with Gasteiger partial charge in [0.15, 0.2) is 0 Å². The Morgan fingerprint density at radius 2 is 1.76 bits per heavy atom. The number of rotatable bonds is 3. The highest BCUT2D eigenvalue weighted by Gasteiger charge is 2.18. The van der Waals surface area contributed by atoms with Crippen molar-refractivity contribution in [2.45, 2.75) is 4.90 Å². The van der Waals surface area contributed by atoms with Crippen molar-refractivity contribution in [3.05, 3.63) is 55.1 Å². The number of nitrogens with one attached hydrogen (secondary N) is 1. The van der Waals surface area contributed by atoms with Gasteiger partial charge in [0.1, 0.15) is 0 Å². The smallest absolute Gasteiger partial charge is 0.262 e. The van der Waals surface area contributed by atoms with Crippen molar-refractivity contribution in [2.24, 2.45) is 0 Å². The fraction of sp³-hybridized carbons (Fsp3) is 0. The zero-order valence-electron chi connectivity index (χ0n) is 10.9. The highest BCUT2D eigenvalue weighted by Crippen LogP contribution is 2.25. The van der Waals surface area contributed by atoms with Crippen LogP contribution in [0.15, 0.2) is 60.0 Å². The van der Waals surface area contributed by atoms with Gasteiger partial charge in [0.2, 0.25) is 0 Å². The summed E-state index contributed by atoms with van der Waals surface area (Å²) in [7, 11) is -3.75. The van der Waals surface area contributed by atoms with E-state index < -0.39 is 10.0 Å². The molecule has 3 aromatic rings. The summed E-state index contributed by atoms with van der Waals surface area (Å²) < 4.78 is 27.6. The molecule has 2 heterocycles. The molecular formula is C14H12N4O2S. The van der Waals surface area contributed by atoms with E-state index in [1.54, 1.807) is 30.6 Å². The Morgan fingerprint density at radius 1 is 1.00 bits per heavy atom. The molecule has 0 saturated carbocycles. The molecule has 21 heavy (non-hydrogen) atoms. The summed E-state index contributed by atoms with van der Waals surface area (Å²) in [6.45, 7) is 0. The zero-order chi connectivity index (χ0) is 14.9. The number of benzene rings is 1. The molecule has 0 fully saturated rings. The maximum absolute atomic E-state index is 12.6. The summed E-state index contributed by atoms with van der Waals surface area (Å²) in [6, 6.07) is 8.21. The molecule has 0 aliphatic rings. The van der Waals surface area contributed by atoms with Crippen LogP contribution in [0.2, 0.25) is 0 Å². The Hall–Kier alpha value is -2.67. The average molecular weight is 300 g/mol. The van der Waals surface area contributed by atoms with Crippen LogP contribution >= 0.6 is 0 Å². The number of nitrogens with zero attached hydrogens (tertiary/aromatic N) is 2. The minimum atomic E-state index is -3.75. The first-order valence-corrected chi connectivity index (χ1v) is 7.61. The van der Waals surface area contributed by atoms with E-state index in [1.165, 1.54) is 18.5 Å². The first-order valence-electron chi connectivity index (χ1n) is 6.13. The molecule has 0 bridgehead atoms. The number of sulfonamides is 1. The average Bonchev–Trinajstić information content (AvgIpc) is 2.49. The molecule has 0 atom stereocenters. The fourth-order valence-electron chi connectivity index (χ4n) is 2.03. The minimum absolute atomic E-state index is 0.179. The van der Waals surface area contributed by atoms with Gasteiger partial charge < -0.3 is 5.73 Å². The lowest BCUT2D eigenvalue weighted by molar-refractivity contribution is 0.602. The van der Waals surface area contributed by atoms with Gasteiger partial charge in [-0.25, -0.2) is 8.42 Å². The number of anilines is 2. The third kappa shape index (κ3) is 2.50. The third-order valence-corrected chi connectivity index (χ3v) is 4.45. The predicted octanol–water partition coefficient (Wildman–Crippen LogP) is 2.01. The van der Waals surface area contributed by atoms with Crippen LogP contribution in [-0.2, 0) is 10.0 Å². The Balaban J connectivity index is 2.11. The molecule has 0 radical (unpaired) electrons. The molecule has 2 aromatic heterocycles. The highest BCUT2D eigenvalue weighted by molar-refractivity contribution is 7.93. The quantitative estimate of drug-likeness (QED) is 0.771. The van der Waals surface area contributed by atoms with E-state index in [0.717, 1.165) is 5.39 Å². The number of fused-ring (bicyclic) bond motifs is 1. The van der Waals surface area contributed by atoms with Gasteiger partial charge in [-0.15, -0.1) is 0 Å². The van der Waals surface area contributed by atoms with Crippen molar-refractivity contribution in [3.8, 4) is 0 Å². The first kappa shape index (κ1) is 13.3. The van der Waals surface area contributed by atoms with Crippen molar-refractivity contribution in [3.63, 3.8) is 0 Å². The third-order valence-electron chi connectivity index (χ3n) is 3.03. The lowest BCUT2D eigenvalue weighted by Crippen LogP contribution is -2.14. The van der Waals surface area contributed by atoms with Crippen LogP contribution in [0.25, 0.3) is 10.8 Å². The van der Waals surface area contributed by atoms with Gasteiger partial charge in [0.25, 0.3) is 10.0 Å². The zero-order valence-corrected chi connectivity index (χ0v) is 11.7. The SMILES string of the molecule is Nc1cnccc1NS(=O)(=O)c1cccc2cnccc12. The summed E-state index contributed by atoms with van der Waals surface area (Å²) in [5, 5.41) is 1.36. The molecule has 0 unspecified atom stereocenters. The van der Waals surface area contributed by atoms with E-state index in [1.807, 2.05) is 6.07 Å². The molecule has 0 saturated heterocycles. The Bertz CT molecular complexity index is 904. The molecule has 0 amide bonds. The molecule has 0 spiro atoms. The van der Waals surface area contributed by atoms with Crippen LogP contribution in [0, 0.1) is 0 Å². The van der Waals surface area contributed by atoms with Gasteiger partial charge in [-0.1, -0.05) is 12.1 Å². The van der Waals surface area contributed by atoms with Crippen molar-refractivity contribution in [1.82, 2.24) is 9.97 Å². The van der Waals surface area contributed by atoms with Gasteiger partial charge in [0.05, 0.1) is 22.5 Å². The second-order valence-corrected chi connectivity index (χ2v) is 6.07. The molecule has 7 heteroatoms. The lowest BCUT2D eigenvalue weighted by Gasteiger charge is -2.11. The largest absolute Gasteiger partial charge is 0.396 e. The Labute approximate surface area is 121 Å². The Morgan fingerprint density at radius 3 is 2.57 bits per heavy atom. The summed E-state index contributed by atoms with van der Waals surface area (Å²) >= 11 is 0. The normalized spacial score (nSPS) is 11.4. The van der Waals surface area contributed by atoms with Crippen molar-refractivity contribution in [1.29, 1.82) is 0 Å². The van der Waals surface area contributed by atoms with Crippen LogP contribution in [0.1, 0.15) is 0 Å². The van der Waals surface area contributed by atoms with Crippen molar-refractivity contribution < 1.29 is 8.42 Å². The number of nitrogens with two attached hydrogens (primary N) is 1. The molecular weight excluding hydrogens is 288 g/mol. The van der Waals surface area contributed by atoms with Gasteiger partial charge >= 0.3 is 0 Å². The minimum Gasteiger partial charge on any atom is -0.396 e. The number of aromatic nitrogens is 2. The van der Waals surface area contributed by atoms with Gasteiger partial charge in [-0.3, -0.25) is 14.7 Å². The van der Waals surface area contributed by atoms with E-state index in [2.05, 4.69) is 14.7 Å². The summed E-state index contributed by atoms with van der Waals surface area (Å²) in [5.41, 5.74) is 6.29. The molecule has 3 rings (SSSR count). The highest BCUT2D eigenvalue weighted by atomic mass is 32.2. The van der Waals surface area contributed by atoms with Gasteiger partial charge in [-0.2, -0.15) is 0 Å². The van der Waals surface area contributed by atoms with E-state index >= 15 is 0 Å². The lowest BCUT2D eigenvalue weighted by atomic mass is 10.2.